The zero-order chi connectivity index (χ0) is 24.6. The van der Waals surface area contributed by atoms with Crippen LogP contribution in [0.4, 0.5) is 11.6 Å². The Labute approximate surface area is 203 Å². The molecular weight excluding hydrogens is 472 g/mol. The number of hydrogen-bond donors (Lipinski definition) is 2. The molecule has 0 saturated carbocycles. The van der Waals surface area contributed by atoms with E-state index in [4.69, 9.17) is 0 Å². The van der Waals surface area contributed by atoms with Crippen molar-refractivity contribution >= 4 is 39.3 Å². The number of carbonyl (C=O) groups is 1. The molecule has 0 aliphatic carbocycles. The van der Waals surface area contributed by atoms with E-state index >= 15 is 0 Å². The number of aromatic nitrogens is 3. The number of unbranched alkanes of at least 4 members (excludes halogenated alkanes) is 1. The van der Waals surface area contributed by atoms with Crippen molar-refractivity contribution in [1.29, 1.82) is 5.26 Å². The van der Waals surface area contributed by atoms with Gasteiger partial charge in [-0.15, -0.1) is 0 Å². The molecule has 1 atom stereocenters. The normalized spacial score (nSPS) is 11.9. The number of rotatable bonds is 10. The molecule has 1 unspecified atom stereocenters. The predicted molar refractivity (Wildman–Crippen MR) is 131 cm³/mol. The Morgan fingerprint density at radius 2 is 1.85 bits per heavy atom. The maximum absolute atomic E-state index is 12.7. The smallest absolute Gasteiger partial charge is 0.264 e. The van der Waals surface area contributed by atoms with Gasteiger partial charge in [0, 0.05) is 23.8 Å². The van der Waals surface area contributed by atoms with Crippen LogP contribution >= 0.6 is 11.8 Å². The topological polar surface area (TPSA) is 138 Å². The number of thioether (sulfide) groups is 1. The summed E-state index contributed by atoms with van der Waals surface area (Å²) in [4.78, 5) is 25.0. The number of aryl methyl sites for hydroxylation is 1. The average Bonchev–Trinajstić information content (AvgIpc) is 2.83. The van der Waals surface area contributed by atoms with Gasteiger partial charge >= 0.3 is 0 Å². The first-order chi connectivity index (χ1) is 16.3. The lowest BCUT2D eigenvalue weighted by Gasteiger charge is -2.13. The molecule has 0 bridgehead atoms. The lowest BCUT2D eigenvalue weighted by atomic mass is 10.2. The van der Waals surface area contributed by atoms with Gasteiger partial charge in [0.15, 0.2) is 0 Å². The summed E-state index contributed by atoms with van der Waals surface area (Å²) in [7, 11) is -3.86. The molecule has 1 amide bonds. The first-order valence-corrected chi connectivity index (χ1v) is 13.0. The molecular formula is C23H24N6O3S2. The maximum Gasteiger partial charge on any atom is 0.264 e. The number of pyridine rings is 1. The Hall–Kier alpha value is -3.49. The van der Waals surface area contributed by atoms with Crippen LogP contribution < -0.4 is 10.0 Å². The number of nitrogens with zero attached hydrogens (tertiary/aromatic N) is 4. The third kappa shape index (κ3) is 6.76. The van der Waals surface area contributed by atoms with Crippen molar-refractivity contribution in [1.82, 2.24) is 15.0 Å². The van der Waals surface area contributed by atoms with Crippen molar-refractivity contribution in [2.45, 2.75) is 48.3 Å². The van der Waals surface area contributed by atoms with E-state index in [1.807, 2.05) is 6.07 Å². The van der Waals surface area contributed by atoms with E-state index in [1.165, 1.54) is 48.4 Å². The standard InChI is InChI=1S/C23H24N6O3S2/c1-3-4-6-18-8-7-17(15-24)22(28-18)33-16(2)21(30)27-19-9-11-20(12-10-19)34(31,32)29-23-25-13-5-14-26-23/h5,7-14,16H,3-4,6H2,1-2H3,(H,27,30)(H,25,26,29). The molecule has 2 N–H and O–H groups in total. The monoisotopic (exact) mass is 496 g/mol. The van der Waals surface area contributed by atoms with Crippen LogP contribution in [0, 0.1) is 11.3 Å². The molecule has 34 heavy (non-hydrogen) atoms. The number of carbonyl (C=O) groups excluding carboxylic acids is 1. The first-order valence-electron chi connectivity index (χ1n) is 10.6. The molecule has 0 fully saturated rings. The number of amides is 1. The van der Waals surface area contributed by atoms with Crippen LogP contribution in [-0.2, 0) is 21.2 Å². The number of nitriles is 1. The van der Waals surface area contributed by atoms with E-state index in [9.17, 15) is 18.5 Å². The summed E-state index contributed by atoms with van der Waals surface area (Å²) in [5.41, 5.74) is 1.76. The van der Waals surface area contributed by atoms with Crippen molar-refractivity contribution in [2.24, 2.45) is 0 Å². The van der Waals surface area contributed by atoms with Crippen molar-refractivity contribution in [3.8, 4) is 6.07 Å². The van der Waals surface area contributed by atoms with Crippen molar-refractivity contribution < 1.29 is 13.2 Å². The number of sulfonamides is 1. The molecule has 2 aromatic heterocycles. The SMILES string of the molecule is CCCCc1ccc(C#N)c(SC(C)C(=O)Nc2ccc(S(=O)(=O)Nc3ncccn3)cc2)n1. The minimum absolute atomic E-state index is 0.00660. The number of benzene rings is 1. The quantitative estimate of drug-likeness (QED) is 0.402. The first kappa shape index (κ1) is 25.1. The Morgan fingerprint density at radius 3 is 2.50 bits per heavy atom. The zero-order valence-corrected chi connectivity index (χ0v) is 20.4. The molecule has 0 radical (unpaired) electrons. The van der Waals surface area contributed by atoms with Crippen molar-refractivity contribution in [3.63, 3.8) is 0 Å². The van der Waals surface area contributed by atoms with Crippen LogP contribution in [-0.4, -0.2) is 34.5 Å². The molecule has 3 aromatic rings. The number of hydrogen-bond acceptors (Lipinski definition) is 8. The summed E-state index contributed by atoms with van der Waals surface area (Å²) in [5, 5.41) is 12.2. The van der Waals surface area contributed by atoms with Gasteiger partial charge in [-0.3, -0.25) is 4.79 Å². The minimum atomic E-state index is -3.86. The minimum Gasteiger partial charge on any atom is -0.325 e. The van der Waals surface area contributed by atoms with Crippen LogP contribution in [0.2, 0.25) is 0 Å². The molecule has 176 valence electrons. The predicted octanol–water partition coefficient (Wildman–Crippen LogP) is 4.01. The summed E-state index contributed by atoms with van der Waals surface area (Å²) in [5.74, 6) is -0.323. The second-order valence-corrected chi connectivity index (χ2v) is 10.3. The Kier molecular flexibility index (Phi) is 8.56. The van der Waals surface area contributed by atoms with Crippen molar-refractivity contribution in [2.75, 3.05) is 10.0 Å². The van der Waals surface area contributed by atoms with Gasteiger partial charge in [-0.05, 0) is 62.2 Å². The molecule has 2 heterocycles. The molecule has 0 aliphatic rings. The molecule has 11 heteroatoms. The van der Waals surface area contributed by atoms with E-state index in [0.717, 1.165) is 25.0 Å². The van der Waals surface area contributed by atoms with Gasteiger partial charge in [0.2, 0.25) is 11.9 Å². The molecule has 9 nitrogen and oxygen atoms in total. The van der Waals surface area contributed by atoms with E-state index in [1.54, 1.807) is 19.1 Å². The summed E-state index contributed by atoms with van der Waals surface area (Å²) in [6.45, 7) is 3.83. The van der Waals surface area contributed by atoms with Gasteiger partial charge in [-0.1, -0.05) is 25.1 Å². The second-order valence-electron chi connectivity index (χ2n) is 7.32. The highest BCUT2D eigenvalue weighted by molar-refractivity contribution is 8.00. The van der Waals surface area contributed by atoms with Gasteiger partial charge in [0.25, 0.3) is 10.0 Å². The molecule has 0 aliphatic heterocycles. The van der Waals surface area contributed by atoms with E-state index in [0.29, 0.717) is 16.3 Å². The lowest BCUT2D eigenvalue weighted by Crippen LogP contribution is -2.22. The second kappa shape index (κ2) is 11.6. The van der Waals surface area contributed by atoms with Crippen LogP contribution in [0.5, 0.6) is 0 Å². The van der Waals surface area contributed by atoms with Crippen molar-refractivity contribution in [3.05, 3.63) is 66.1 Å². The third-order valence-corrected chi connectivity index (χ3v) is 7.15. The summed E-state index contributed by atoms with van der Waals surface area (Å²) < 4.78 is 27.3. The van der Waals surface area contributed by atoms with E-state index in [-0.39, 0.29) is 16.8 Å². The van der Waals surface area contributed by atoms with Crippen LogP contribution in [0.25, 0.3) is 0 Å². The van der Waals surface area contributed by atoms with Crippen LogP contribution in [0.15, 0.2) is 64.8 Å². The Morgan fingerprint density at radius 1 is 1.15 bits per heavy atom. The number of nitrogens with one attached hydrogen (secondary N) is 2. The van der Waals surface area contributed by atoms with Gasteiger partial charge in [0.05, 0.1) is 15.7 Å². The van der Waals surface area contributed by atoms with Gasteiger partial charge in [-0.2, -0.15) is 5.26 Å². The highest BCUT2D eigenvalue weighted by Gasteiger charge is 2.19. The molecule has 1 aromatic carbocycles. The zero-order valence-electron chi connectivity index (χ0n) is 18.7. The van der Waals surface area contributed by atoms with Gasteiger partial charge in [-0.25, -0.2) is 28.1 Å². The largest absolute Gasteiger partial charge is 0.325 e. The fourth-order valence-corrected chi connectivity index (χ4v) is 4.73. The van der Waals surface area contributed by atoms with Crippen LogP contribution in [0.1, 0.15) is 37.9 Å². The van der Waals surface area contributed by atoms with Crippen LogP contribution in [0.3, 0.4) is 0 Å². The van der Waals surface area contributed by atoms with Gasteiger partial charge < -0.3 is 5.32 Å². The summed E-state index contributed by atoms with van der Waals surface area (Å²) >= 11 is 1.21. The summed E-state index contributed by atoms with van der Waals surface area (Å²) in [6, 6.07) is 13.0. The molecule has 3 rings (SSSR count). The van der Waals surface area contributed by atoms with E-state index < -0.39 is 15.3 Å². The summed E-state index contributed by atoms with van der Waals surface area (Å²) in [6.07, 6.45) is 5.72. The maximum atomic E-state index is 12.7. The molecule has 0 saturated heterocycles. The highest BCUT2D eigenvalue weighted by atomic mass is 32.2. The lowest BCUT2D eigenvalue weighted by molar-refractivity contribution is -0.115. The van der Waals surface area contributed by atoms with Gasteiger partial charge in [0.1, 0.15) is 11.1 Å². The highest BCUT2D eigenvalue weighted by Crippen LogP contribution is 2.27. The molecule has 0 spiro atoms. The third-order valence-electron chi connectivity index (χ3n) is 4.71. The average molecular weight is 497 g/mol. The Balaban J connectivity index is 1.65. The fourth-order valence-electron chi connectivity index (χ4n) is 2.86. The number of anilines is 2. The fraction of sp³-hybridized carbons (Fsp3) is 0.261. The van der Waals surface area contributed by atoms with E-state index in [2.05, 4.69) is 38.0 Å². The Bertz CT molecular complexity index is 1280.